The van der Waals surface area contributed by atoms with Gasteiger partial charge in [-0.1, -0.05) is 49.6 Å². The summed E-state index contributed by atoms with van der Waals surface area (Å²) in [5, 5.41) is 7.67. The first-order chi connectivity index (χ1) is 12.8. The van der Waals surface area contributed by atoms with Crippen LogP contribution in [-0.2, 0) is 4.79 Å². The van der Waals surface area contributed by atoms with Crippen molar-refractivity contribution in [2.75, 3.05) is 31.1 Å². The molecule has 1 aromatic heterocycles. The number of carbonyl (C=O) groups is 1. The van der Waals surface area contributed by atoms with E-state index in [4.69, 9.17) is 0 Å². The Hall–Kier alpha value is -2.30. The summed E-state index contributed by atoms with van der Waals surface area (Å²) in [7, 11) is 0. The lowest BCUT2D eigenvalue weighted by atomic mass is 9.88. The van der Waals surface area contributed by atoms with E-state index in [0.717, 1.165) is 62.5 Å². The highest BCUT2D eigenvalue weighted by Gasteiger charge is 2.27. The highest BCUT2D eigenvalue weighted by molar-refractivity contribution is 5.79. The fraction of sp³-hybridized carbons (Fsp3) is 0.524. The molecule has 0 atom stereocenters. The average Bonchev–Trinajstić information content (AvgIpc) is 3.07. The maximum Gasteiger partial charge on any atom is 0.225 e. The number of H-pyrrole nitrogens is 1. The minimum Gasteiger partial charge on any atom is -0.353 e. The van der Waals surface area contributed by atoms with E-state index in [1.165, 1.54) is 19.3 Å². The molecule has 1 aromatic carbocycles. The van der Waals surface area contributed by atoms with Gasteiger partial charge in [-0.2, -0.15) is 5.10 Å². The van der Waals surface area contributed by atoms with E-state index in [1.807, 2.05) is 18.2 Å². The van der Waals surface area contributed by atoms with Crippen LogP contribution in [0.4, 0.5) is 5.82 Å². The summed E-state index contributed by atoms with van der Waals surface area (Å²) in [6, 6.07) is 12.4. The van der Waals surface area contributed by atoms with E-state index in [2.05, 4.69) is 38.2 Å². The Morgan fingerprint density at radius 3 is 2.58 bits per heavy atom. The molecule has 4 rings (SSSR count). The SMILES string of the molecule is O=C(C1CCCCC1)N1CCCN(c2cc(-c3ccccc3)[nH]n2)CC1. The molecular weight excluding hydrogens is 324 g/mol. The second-order valence-electron chi connectivity index (χ2n) is 7.51. The van der Waals surface area contributed by atoms with Crippen molar-refractivity contribution in [3.8, 4) is 11.3 Å². The van der Waals surface area contributed by atoms with Gasteiger partial charge in [-0.3, -0.25) is 9.89 Å². The molecule has 138 valence electrons. The van der Waals surface area contributed by atoms with Gasteiger partial charge in [-0.25, -0.2) is 0 Å². The molecule has 2 fully saturated rings. The monoisotopic (exact) mass is 352 g/mol. The smallest absolute Gasteiger partial charge is 0.225 e. The van der Waals surface area contributed by atoms with Crippen molar-refractivity contribution in [1.29, 1.82) is 0 Å². The Morgan fingerprint density at radius 1 is 0.962 bits per heavy atom. The van der Waals surface area contributed by atoms with E-state index in [-0.39, 0.29) is 5.92 Å². The molecule has 2 aromatic rings. The van der Waals surface area contributed by atoms with Crippen LogP contribution in [0.25, 0.3) is 11.3 Å². The summed E-state index contributed by atoms with van der Waals surface area (Å²) in [6.45, 7) is 3.50. The quantitative estimate of drug-likeness (QED) is 0.916. The van der Waals surface area contributed by atoms with Gasteiger partial charge in [0.05, 0.1) is 5.69 Å². The molecule has 1 saturated carbocycles. The number of benzene rings is 1. The van der Waals surface area contributed by atoms with Gasteiger partial charge in [0, 0.05) is 38.2 Å². The zero-order valence-corrected chi connectivity index (χ0v) is 15.4. The third-order valence-corrected chi connectivity index (χ3v) is 5.74. The van der Waals surface area contributed by atoms with Crippen molar-refractivity contribution >= 4 is 11.7 Å². The lowest BCUT2D eigenvalue weighted by Gasteiger charge is -2.28. The minimum absolute atomic E-state index is 0.269. The minimum atomic E-state index is 0.269. The van der Waals surface area contributed by atoms with Crippen LogP contribution in [0.15, 0.2) is 36.4 Å². The van der Waals surface area contributed by atoms with E-state index in [0.29, 0.717) is 5.91 Å². The molecule has 0 unspecified atom stereocenters. The van der Waals surface area contributed by atoms with Crippen LogP contribution in [0.2, 0.25) is 0 Å². The third-order valence-electron chi connectivity index (χ3n) is 5.74. The molecule has 5 heteroatoms. The maximum absolute atomic E-state index is 12.8. The van der Waals surface area contributed by atoms with Crippen molar-refractivity contribution in [3.63, 3.8) is 0 Å². The molecule has 1 saturated heterocycles. The van der Waals surface area contributed by atoms with E-state index in [9.17, 15) is 4.79 Å². The van der Waals surface area contributed by atoms with Crippen LogP contribution < -0.4 is 4.90 Å². The Balaban J connectivity index is 1.39. The van der Waals surface area contributed by atoms with Gasteiger partial charge in [0.15, 0.2) is 5.82 Å². The molecule has 2 heterocycles. The number of aromatic nitrogens is 2. The fourth-order valence-electron chi connectivity index (χ4n) is 4.21. The number of anilines is 1. The lowest BCUT2D eigenvalue weighted by Crippen LogP contribution is -2.39. The van der Waals surface area contributed by atoms with Crippen molar-refractivity contribution < 1.29 is 4.79 Å². The van der Waals surface area contributed by atoms with Crippen molar-refractivity contribution in [2.24, 2.45) is 5.92 Å². The maximum atomic E-state index is 12.8. The summed E-state index contributed by atoms with van der Waals surface area (Å²) in [5.74, 6) is 1.64. The number of aromatic amines is 1. The number of hydrogen-bond acceptors (Lipinski definition) is 3. The van der Waals surface area contributed by atoms with Gasteiger partial charge in [0.1, 0.15) is 0 Å². The van der Waals surface area contributed by atoms with Crippen LogP contribution in [0.5, 0.6) is 0 Å². The second kappa shape index (κ2) is 7.94. The molecular formula is C21H28N4O. The van der Waals surface area contributed by atoms with Crippen molar-refractivity contribution in [1.82, 2.24) is 15.1 Å². The third kappa shape index (κ3) is 3.76. The normalized spacial score (nSPS) is 19.4. The summed E-state index contributed by atoms with van der Waals surface area (Å²) >= 11 is 0. The van der Waals surface area contributed by atoms with Gasteiger partial charge in [0.25, 0.3) is 0 Å². The van der Waals surface area contributed by atoms with Gasteiger partial charge in [-0.05, 0) is 24.8 Å². The number of rotatable bonds is 3. The molecule has 1 aliphatic carbocycles. The zero-order valence-electron chi connectivity index (χ0n) is 15.4. The Kier molecular flexibility index (Phi) is 5.23. The average molecular weight is 352 g/mol. The largest absolute Gasteiger partial charge is 0.353 e. The summed E-state index contributed by atoms with van der Waals surface area (Å²) in [4.78, 5) is 17.2. The van der Waals surface area contributed by atoms with Gasteiger partial charge < -0.3 is 9.80 Å². The van der Waals surface area contributed by atoms with E-state index >= 15 is 0 Å². The molecule has 0 bridgehead atoms. The summed E-state index contributed by atoms with van der Waals surface area (Å²) < 4.78 is 0. The van der Waals surface area contributed by atoms with Crippen LogP contribution in [-0.4, -0.2) is 47.2 Å². The highest BCUT2D eigenvalue weighted by Crippen LogP contribution is 2.27. The molecule has 1 amide bonds. The molecule has 1 aliphatic heterocycles. The number of hydrogen-bond donors (Lipinski definition) is 1. The van der Waals surface area contributed by atoms with Crippen LogP contribution in [0.3, 0.4) is 0 Å². The van der Waals surface area contributed by atoms with E-state index in [1.54, 1.807) is 0 Å². The van der Waals surface area contributed by atoms with Gasteiger partial charge in [-0.15, -0.1) is 0 Å². The first kappa shape index (κ1) is 17.1. The predicted molar refractivity (Wildman–Crippen MR) is 104 cm³/mol. The predicted octanol–water partition coefficient (Wildman–Crippen LogP) is 3.70. The van der Waals surface area contributed by atoms with Crippen LogP contribution in [0.1, 0.15) is 38.5 Å². The number of nitrogens with one attached hydrogen (secondary N) is 1. The summed E-state index contributed by atoms with van der Waals surface area (Å²) in [5.41, 5.74) is 2.19. The Bertz CT molecular complexity index is 721. The number of carbonyl (C=O) groups excluding carboxylic acids is 1. The molecule has 0 spiro atoms. The zero-order chi connectivity index (χ0) is 17.8. The Labute approximate surface area is 155 Å². The first-order valence-electron chi connectivity index (χ1n) is 9.96. The number of amides is 1. The van der Waals surface area contributed by atoms with Crippen molar-refractivity contribution in [3.05, 3.63) is 36.4 Å². The molecule has 2 aliphatic rings. The molecule has 0 radical (unpaired) electrons. The van der Waals surface area contributed by atoms with Crippen LogP contribution in [0, 0.1) is 5.92 Å². The van der Waals surface area contributed by atoms with Crippen LogP contribution >= 0.6 is 0 Å². The van der Waals surface area contributed by atoms with Gasteiger partial charge in [0.2, 0.25) is 5.91 Å². The second-order valence-corrected chi connectivity index (χ2v) is 7.51. The highest BCUT2D eigenvalue weighted by atomic mass is 16.2. The standard InChI is InChI=1S/C21H28N4O/c26-21(18-10-5-2-6-11-18)25-13-7-12-24(14-15-25)20-16-19(22-23-20)17-8-3-1-4-9-17/h1,3-4,8-9,16,18H,2,5-7,10-15H2,(H,22,23). The summed E-state index contributed by atoms with van der Waals surface area (Å²) in [6.07, 6.45) is 6.89. The lowest BCUT2D eigenvalue weighted by molar-refractivity contribution is -0.136. The topological polar surface area (TPSA) is 52.2 Å². The molecule has 26 heavy (non-hydrogen) atoms. The first-order valence-corrected chi connectivity index (χ1v) is 9.96. The fourth-order valence-corrected chi connectivity index (χ4v) is 4.21. The van der Waals surface area contributed by atoms with Gasteiger partial charge >= 0.3 is 0 Å². The molecule has 5 nitrogen and oxygen atoms in total. The van der Waals surface area contributed by atoms with Crippen molar-refractivity contribution in [2.45, 2.75) is 38.5 Å². The Morgan fingerprint density at radius 2 is 1.77 bits per heavy atom. The number of nitrogens with zero attached hydrogens (tertiary/aromatic N) is 3. The van der Waals surface area contributed by atoms with E-state index < -0.39 is 0 Å². The molecule has 1 N–H and O–H groups in total.